The van der Waals surface area contributed by atoms with Gasteiger partial charge in [-0.05, 0) is 48.0 Å². The smallest absolute Gasteiger partial charge is 0.339 e. The molecule has 3 rings (SSSR count). The van der Waals surface area contributed by atoms with Gasteiger partial charge in [-0.3, -0.25) is 0 Å². The first kappa shape index (κ1) is 21.2. The van der Waals surface area contributed by atoms with E-state index in [2.05, 4.69) is 6.07 Å². The van der Waals surface area contributed by atoms with Gasteiger partial charge in [0.15, 0.2) is 5.75 Å². The van der Waals surface area contributed by atoms with Crippen LogP contribution >= 0.6 is 34.8 Å². The first-order valence-electron chi connectivity index (χ1n) is 8.16. The van der Waals surface area contributed by atoms with Crippen LogP contribution in [0.2, 0.25) is 15.1 Å². The Kier molecular flexibility index (Phi) is 6.51. The molecule has 8 heteroatoms. The third-order valence-corrected chi connectivity index (χ3v) is 5.82. The van der Waals surface area contributed by atoms with E-state index >= 15 is 0 Å². The van der Waals surface area contributed by atoms with E-state index in [-0.39, 0.29) is 31.8 Å². The van der Waals surface area contributed by atoms with E-state index in [9.17, 15) is 13.7 Å². The fraction of sp³-hybridized carbons (Fsp3) is 0. The van der Waals surface area contributed by atoms with Gasteiger partial charge in [-0.25, -0.2) is 0 Å². The molecular weight excluding hydrogens is 453 g/mol. The quantitative estimate of drug-likeness (QED) is 0.246. The molecule has 0 aliphatic heterocycles. The number of nitrogens with zero attached hydrogens (tertiary/aromatic N) is 1. The molecule has 0 spiro atoms. The standard InChI is InChI=1S/C21H12Cl3NO3S/c22-17-6-8-19(9-7-17)29(26,27)28-21-15(11-18(23)12-20(21)24)10-16(13-25)14-4-2-1-3-5-14/h1-12H/b16-10+. The van der Waals surface area contributed by atoms with Crippen molar-refractivity contribution in [2.45, 2.75) is 4.90 Å². The first-order valence-corrected chi connectivity index (χ1v) is 10.7. The van der Waals surface area contributed by atoms with Crippen LogP contribution in [0.3, 0.4) is 0 Å². The number of hydrogen-bond acceptors (Lipinski definition) is 4. The monoisotopic (exact) mass is 463 g/mol. The lowest BCUT2D eigenvalue weighted by molar-refractivity contribution is 0.485. The molecule has 0 amide bonds. The Morgan fingerprint density at radius 1 is 0.931 bits per heavy atom. The molecule has 0 aliphatic carbocycles. The molecule has 0 radical (unpaired) electrons. The summed E-state index contributed by atoms with van der Waals surface area (Å²) in [5.74, 6) is -0.130. The molecule has 0 unspecified atom stereocenters. The largest absolute Gasteiger partial charge is 0.377 e. The maximum absolute atomic E-state index is 12.7. The number of halogens is 3. The second kappa shape index (κ2) is 8.89. The number of benzene rings is 3. The van der Waals surface area contributed by atoms with E-state index in [4.69, 9.17) is 39.0 Å². The van der Waals surface area contributed by atoms with Crippen LogP contribution in [0.15, 0.2) is 71.6 Å². The van der Waals surface area contributed by atoms with Crippen LogP contribution in [0, 0.1) is 11.3 Å². The molecule has 0 saturated heterocycles. The van der Waals surface area contributed by atoms with Crippen LogP contribution < -0.4 is 4.18 Å². The summed E-state index contributed by atoms with van der Waals surface area (Å²) in [7, 11) is -4.19. The molecule has 3 aromatic carbocycles. The predicted molar refractivity (Wildman–Crippen MR) is 116 cm³/mol. The lowest BCUT2D eigenvalue weighted by Crippen LogP contribution is -2.11. The van der Waals surface area contributed by atoms with Gasteiger partial charge in [0.2, 0.25) is 0 Å². The van der Waals surface area contributed by atoms with Crippen molar-refractivity contribution in [2.24, 2.45) is 0 Å². The lowest BCUT2D eigenvalue weighted by Gasteiger charge is -2.12. The van der Waals surface area contributed by atoms with E-state index in [0.717, 1.165) is 0 Å². The minimum atomic E-state index is -4.19. The van der Waals surface area contributed by atoms with Crippen LogP contribution in [0.5, 0.6) is 5.75 Å². The summed E-state index contributed by atoms with van der Waals surface area (Å²) >= 11 is 18.1. The molecule has 29 heavy (non-hydrogen) atoms. The van der Waals surface area contributed by atoms with Gasteiger partial charge in [0.1, 0.15) is 4.90 Å². The number of nitriles is 1. The first-order chi connectivity index (χ1) is 13.8. The molecule has 0 saturated carbocycles. The summed E-state index contributed by atoms with van der Waals surface area (Å²) in [5.41, 5.74) is 1.19. The van der Waals surface area contributed by atoms with Crippen molar-refractivity contribution >= 4 is 56.6 Å². The second-order valence-corrected chi connectivity index (χ2v) is 8.66. The zero-order valence-electron chi connectivity index (χ0n) is 14.6. The molecule has 4 nitrogen and oxygen atoms in total. The van der Waals surface area contributed by atoms with Crippen molar-refractivity contribution in [2.75, 3.05) is 0 Å². The van der Waals surface area contributed by atoms with Gasteiger partial charge in [-0.1, -0.05) is 65.1 Å². The van der Waals surface area contributed by atoms with Crippen molar-refractivity contribution in [1.29, 1.82) is 5.26 Å². The van der Waals surface area contributed by atoms with Gasteiger partial charge in [0.05, 0.1) is 16.7 Å². The zero-order chi connectivity index (χ0) is 21.0. The highest BCUT2D eigenvalue weighted by Crippen LogP contribution is 2.36. The highest BCUT2D eigenvalue weighted by atomic mass is 35.5. The summed E-state index contributed by atoms with van der Waals surface area (Å²) in [6, 6.07) is 19.3. The minimum absolute atomic E-state index is 0.00774. The van der Waals surface area contributed by atoms with Gasteiger partial charge < -0.3 is 4.18 Å². The average molecular weight is 465 g/mol. The fourth-order valence-corrected chi connectivity index (χ4v) is 4.18. The molecule has 0 atom stereocenters. The molecule has 3 aromatic rings. The molecule has 0 fully saturated rings. The van der Waals surface area contributed by atoms with E-state index in [1.54, 1.807) is 24.3 Å². The molecule has 0 bridgehead atoms. The Morgan fingerprint density at radius 3 is 2.21 bits per heavy atom. The van der Waals surface area contributed by atoms with Crippen LogP contribution in [-0.2, 0) is 10.1 Å². The molecule has 0 N–H and O–H groups in total. The van der Waals surface area contributed by atoms with Crippen LogP contribution in [-0.4, -0.2) is 8.42 Å². The SMILES string of the molecule is N#C/C(=C\c1cc(Cl)cc(Cl)c1OS(=O)(=O)c1ccc(Cl)cc1)c1ccccc1. The van der Waals surface area contributed by atoms with E-state index in [0.29, 0.717) is 10.6 Å². The maximum Gasteiger partial charge on any atom is 0.339 e. The van der Waals surface area contributed by atoms with Gasteiger partial charge in [0.25, 0.3) is 0 Å². The van der Waals surface area contributed by atoms with Gasteiger partial charge >= 0.3 is 10.1 Å². The lowest BCUT2D eigenvalue weighted by atomic mass is 10.0. The topological polar surface area (TPSA) is 67.2 Å². The van der Waals surface area contributed by atoms with Crippen LogP contribution in [0.4, 0.5) is 0 Å². The Balaban J connectivity index is 2.10. The van der Waals surface area contributed by atoms with E-state index < -0.39 is 10.1 Å². The Hall–Kier alpha value is -2.49. The van der Waals surface area contributed by atoms with Crippen molar-refractivity contribution in [3.05, 3.63) is 92.9 Å². The fourth-order valence-electron chi connectivity index (χ4n) is 2.49. The van der Waals surface area contributed by atoms with Gasteiger partial charge in [-0.2, -0.15) is 13.7 Å². The van der Waals surface area contributed by atoms with Crippen molar-refractivity contribution < 1.29 is 12.6 Å². The summed E-state index contributed by atoms with van der Waals surface area (Å²) in [6.45, 7) is 0. The van der Waals surface area contributed by atoms with Crippen LogP contribution in [0.1, 0.15) is 11.1 Å². The average Bonchev–Trinajstić information content (AvgIpc) is 2.69. The zero-order valence-corrected chi connectivity index (χ0v) is 17.7. The molecular formula is C21H12Cl3NO3S. The third kappa shape index (κ3) is 5.11. The molecule has 0 aliphatic rings. The third-order valence-electron chi connectivity index (χ3n) is 3.84. The minimum Gasteiger partial charge on any atom is -0.377 e. The predicted octanol–water partition coefficient (Wildman–Crippen LogP) is 6.48. The van der Waals surface area contributed by atoms with Crippen molar-refractivity contribution in [3.63, 3.8) is 0 Å². The normalized spacial score (nSPS) is 11.7. The Labute approximate surface area is 183 Å². The molecule has 0 aromatic heterocycles. The summed E-state index contributed by atoms with van der Waals surface area (Å²) in [6.07, 6.45) is 1.47. The Morgan fingerprint density at radius 2 is 1.59 bits per heavy atom. The molecule has 0 heterocycles. The van der Waals surface area contributed by atoms with Gasteiger partial charge in [-0.15, -0.1) is 0 Å². The number of hydrogen-bond donors (Lipinski definition) is 0. The van der Waals surface area contributed by atoms with E-state index in [1.807, 2.05) is 6.07 Å². The summed E-state index contributed by atoms with van der Waals surface area (Å²) < 4.78 is 30.7. The highest BCUT2D eigenvalue weighted by Gasteiger charge is 2.21. The van der Waals surface area contributed by atoms with Crippen molar-refractivity contribution in [3.8, 4) is 11.8 Å². The highest BCUT2D eigenvalue weighted by molar-refractivity contribution is 7.87. The van der Waals surface area contributed by atoms with E-state index in [1.165, 1.54) is 42.5 Å². The van der Waals surface area contributed by atoms with Crippen LogP contribution in [0.25, 0.3) is 11.6 Å². The Bertz CT molecular complexity index is 1220. The number of rotatable bonds is 5. The second-order valence-electron chi connectivity index (χ2n) is 5.83. The van der Waals surface area contributed by atoms with Gasteiger partial charge in [0, 0.05) is 15.6 Å². The van der Waals surface area contributed by atoms with Crippen molar-refractivity contribution in [1.82, 2.24) is 0 Å². The number of allylic oxidation sites excluding steroid dienone is 1. The summed E-state index contributed by atoms with van der Waals surface area (Å²) in [4.78, 5) is -0.0913. The summed E-state index contributed by atoms with van der Waals surface area (Å²) in [5, 5.41) is 10.2. The molecule has 146 valence electrons. The maximum atomic E-state index is 12.7.